The molecule has 74 valence electrons. The van der Waals surface area contributed by atoms with Crippen LogP contribution in [-0.4, -0.2) is 24.6 Å². The number of halogens is 1. The molecule has 0 saturated carbocycles. The summed E-state index contributed by atoms with van der Waals surface area (Å²) in [7, 11) is 0. The molecule has 1 N–H and O–H groups in total. The van der Waals surface area contributed by atoms with E-state index in [1.807, 2.05) is 13.0 Å². The second-order valence-electron chi connectivity index (χ2n) is 3.11. The Kier molecular flexibility index (Phi) is 2.37. The van der Waals surface area contributed by atoms with Gasteiger partial charge in [-0.15, -0.1) is 0 Å². The van der Waals surface area contributed by atoms with Crippen LogP contribution in [0.5, 0.6) is 0 Å². The summed E-state index contributed by atoms with van der Waals surface area (Å²) in [5.74, 6) is 0. The van der Waals surface area contributed by atoms with Gasteiger partial charge in [0.05, 0.1) is 5.69 Å². The number of alkyl halides is 1. The predicted octanol–water partition coefficient (Wildman–Crippen LogP) is 0.743. The average molecular weight is 257 g/mol. The average Bonchev–Trinajstić information content (AvgIpc) is 2.47. The van der Waals surface area contributed by atoms with Crippen LogP contribution in [0.15, 0.2) is 16.9 Å². The maximum absolute atomic E-state index is 11.2. The summed E-state index contributed by atoms with van der Waals surface area (Å²) in [4.78, 5) is 11.5. The van der Waals surface area contributed by atoms with Gasteiger partial charge in [-0.3, -0.25) is 0 Å². The maximum atomic E-state index is 11.2. The van der Waals surface area contributed by atoms with Crippen molar-refractivity contribution in [3.8, 4) is 0 Å². The summed E-state index contributed by atoms with van der Waals surface area (Å²) in [6.45, 7) is 2.03. The van der Waals surface area contributed by atoms with Crippen molar-refractivity contribution in [2.24, 2.45) is 0 Å². The third kappa shape index (κ3) is 1.70. The van der Waals surface area contributed by atoms with Crippen LogP contribution in [0.25, 0.3) is 5.65 Å². The van der Waals surface area contributed by atoms with Crippen molar-refractivity contribution in [3.05, 3.63) is 28.3 Å². The molecule has 0 aromatic carbocycles. The highest BCUT2D eigenvalue weighted by atomic mass is 79.9. The van der Waals surface area contributed by atoms with Gasteiger partial charge in [-0.1, -0.05) is 22.9 Å². The molecule has 2 rings (SSSR count). The normalized spacial score (nSPS) is 13.3. The summed E-state index contributed by atoms with van der Waals surface area (Å²) in [5, 5.41) is 10.3. The zero-order chi connectivity index (χ0) is 10.1. The molecule has 14 heavy (non-hydrogen) atoms. The Balaban J connectivity index is 2.49. The first kappa shape index (κ1) is 9.39. The lowest BCUT2D eigenvalue weighted by molar-refractivity contribution is 0.801. The van der Waals surface area contributed by atoms with Crippen LogP contribution >= 0.6 is 15.9 Å². The quantitative estimate of drug-likeness (QED) is 0.807. The Morgan fingerprint density at radius 1 is 1.64 bits per heavy atom. The van der Waals surface area contributed by atoms with Crippen LogP contribution in [0.3, 0.4) is 0 Å². The van der Waals surface area contributed by atoms with Gasteiger partial charge in [0.25, 0.3) is 0 Å². The van der Waals surface area contributed by atoms with Gasteiger partial charge >= 0.3 is 5.69 Å². The van der Waals surface area contributed by atoms with E-state index in [9.17, 15) is 4.79 Å². The first-order chi connectivity index (χ1) is 6.66. The second-order valence-corrected chi connectivity index (χ2v) is 4.67. The third-order valence-corrected chi connectivity index (χ3v) is 2.14. The Morgan fingerprint density at radius 2 is 2.43 bits per heavy atom. The molecule has 0 fully saturated rings. The molecular formula is C8H9BrN4O. The molecule has 2 aromatic rings. The van der Waals surface area contributed by atoms with E-state index in [2.05, 4.69) is 31.2 Å². The van der Waals surface area contributed by atoms with Gasteiger partial charge in [0.1, 0.15) is 0 Å². The van der Waals surface area contributed by atoms with Crippen molar-refractivity contribution < 1.29 is 0 Å². The number of hydrogen-bond acceptors (Lipinski definition) is 3. The second kappa shape index (κ2) is 3.53. The topological polar surface area (TPSA) is 63.0 Å². The largest absolute Gasteiger partial charge is 0.364 e. The van der Waals surface area contributed by atoms with Gasteiger partial charge in [-0.2, -0.15) is 14.7 Å². The van der Waals surface area contributed by atoms with Crippen molar-refractivity contribution in [1.82, 2.24) is 19.8 Å². The summed E-state index contributed by atoms with van der Waals surface area (Å²) in [6, 6.07) is 3.64. The summed E-state index contributed by atoms with van der Waals surface area (Å²) < 4.78 is 1.27. The number of nitrogens with one attached hydrogen (secondary N) is 1. The fraction of sp³-hybridized carbons (Fsp3) is 0.375. The van der Waals surface area contributed by atoms with Gasteiger partial charge in [-0.25, -0.2) is 9.89 Å². The number of aromatic nitrogens is 4. The van der Waals surface area contributed by atoms with E-state index in [-0.39, 0.29) is 5.69 Å². The molecule has 0 saturated heterocycles. The van der Waals surface area contributed by atoms with Crippen molar-refractivity contribution in [3.63, 3.8) is 0 Å². The molecule has 0 aliphatic rings. The lowest BCUT2D eigenvalue weighted by Gasteiger charge is -2.01. The number of H-pyrrole nitrogens is 1. The van der Waals surface area contributed by atoms with Gasteiger partial charge in [0.2, 0.25) is 0 Å². The minimum atomic E-state index is -0.302. The molecule has 0 amide bonds. The minimum absolute atomic E-state index is 0.302. The van der Waals surface area contributed by atoms with E-state index in [1.165, 1.54) is 4.52 Å². The fourth-order valence-electron chi connectivity index (χ4n) is 1.24. The van der Waals surface area contributed by atoms with Crippen LogP contribution in [0.1, 0.15) is 12.6 Å². The Labute approximate surface area is 88.3 Å². The lowest BCUT2D eigenvalue weighted by Crippen LogP contribution is -2.14. The molecule has 5 nitrogen and oxygen atoms in total. The van der Waals surface area contributed by atoms with E-state index in [1.54, 1.807) is 6.07 Å². The van der Waals surface area contributed by atoms with Crippen molar-refractivity contribution >= 4 is 21.6 Å². The number of aromatic amines is 1. The molecular weight excluding hydrogens is 248 g/mol. The van der Waals surface area contributed by atoms with E-state index >= 15 is 0 Å². The van der Waals surface area contributed by atoms with Crippen molar-refractivity contribution in [2.45, 2.75) is 18.2 Å². The van der Waals surface area contributed by atoms with Crippen LogP contribution in [0.4, 0.5) is 0 Å². The zero-order valence-corrected chi connectivity index (χ0v) is 9.15. The van der Waals surface area contributed by atoms with E-state index in [4.69, 9.17) is 0 Å². The molecule has 0 aliphatic carbocycles. The summed E-state index contributed by atoms with van der Waals surface area (Å²) in [6.07, 6.45) is 0.785. The Hall–Kier alpha value is -1.17. The highest BCUT2D eigenvalue weighted by Crippen LogP contribution is 2.06. The van der Waals surface area contributed by atoms with Gasteiger partial charge < -0.3 is 0 Å². The SMILES string of the molecule is CC(Br)Cc1ccc2n[nH]c(=O)n2n1. The molecule has 1 unspecified atom stereocenters. The van der Waals surface area contributed by atoms with Crippen molar-refractivity contribution in [2.75, 3.05) is 0 Å². The molecule has 0 radical (unpaired) electrons. The molecule has 2 aromatic heterocycles. The monoisotopic (exact) mass is 256 g/mol. The maximum Gasteiger partial charge on any atom is 0.364 e. The standard InChI is InChI=1S/C8H9BrN4O/c1-5(9)4-6-2-3-7-10-11-8(14)13(7)12-6/h2-3,5H,4H2,1H3,(H,11,14). The number of rotatable bonds is 2. The Bertz CT molecular complexity index is 501. The molecule has 0 aliphatic heterocycles. The fourth-order valence-corrected chi connectivity index (χ4v) is 1.57. The van der Waals surface area contributed by atoms with E-state index in [0.717, 1.165) is 12.1 Å². The lowest BCUT2D eigenvalue weighted by atomic mass is 10.2. The third-order valence-electron chi connectivity index (χ3n) is 1.82. The summed E-state index contributed by atoms with van der Waals surface area (Å²) in [5.41, 5.74) is 1.11. The van der Waals surface area contributed by atoms with Crippen LogP contribution in [0, 0.1) is 0 Å². The minimum Gasteiger partial charge on any atom is -0.244 e. The number of fused-ring (bicyclic) bond motifs is 1. The molecule has 0 bridgehead atoms. The highest BCUT2D eigenvalue weighted by molar-refractivity contribution is 9.09. The number of nitrogens with zero attached hydrogens (tertiary/aromatic N) is 3. The summed E-state index contributed by atoms with van der Waals surface area (Å²) >= 11 is 3.43. The zero-order valence-electron chi connectivity index (χ0n) is 7.57. The molecule has 2 heterocycles. The Morgan fingerprint density at radius 3 is 3.14 bits per heavy atom. The molecule has 1 atom stereocenters. The van der Waals surface area contributed by atoms with Gasteiger partial charge in [0.15, 0.2) is 5.65 Å². The van der Waals surface area contributed by atoms with Gasteiger partial charge in [0, 0.05) is 11.2 Å². The van der Waals surface area contributed by atoms with E-state index in [0.29, 0.717) is 10.5 Å². The van der Waals surface area contributed by atoms with Crippen LogP contribution in [-0.2, 0) is 6.42 Å². The first-order valence-corrected chi connectivity index (χ1v) is 5.16. The van der Waals surface area contributed by atoms with E-state index < -0.39 is 0 Å². The molecule has 6 heteroatoms. The number of hydrogen-bond donors (Lipinski definition) is 1. The predicted molar refractivity (Wildman–Crippen MR) is 55.7 cm³/mol. The van der Waals surface area contributed by atoms with Crippen LogP contribution in [0.2, 0.25) is 0 Å². The van der Waals surface area contributed by atoms with Gasteiger partial charge in [-0.05, 0) is 12.1 Å². The van der Waals surface area contributed by atoms with Crippen molar-refractivity contribution in [1.29, 1.82) is 0 Å². The smallest absolute Gasteiger partial charge is 0.244 e. The highest BCUT2D eigenvalue weighted by Gasteiger charge is 2.04. The molecule has 0 spiro atoms. The van der Waals surface area contributed by atoms with Crippen LogP contribution < -0.4 is 5.69 Å². The first-order valence-electron chi connectivity index (χ1n) is 4.24.